The van der Waals surface area contributed by atoms with Crippen LogP contribution in [0, 0.1) is 0 Å². The number of pyridine rings is 1. The summed E-state index contributed by atoms with van der Waals surface area (Å²) in [7, 11) is 0. The summed E-state index contributed by atoms with van der Waals surface area (Å²) in [5.41, 5.74) is 5.27. The molecule has 0 atom stereocenters. The van der Waals surface area contributed by atoms with Crippen LogP contribution >= 0.6 is 23.2 Å². The molecule has 0 saturated carbocycles. The summed E-state index contributed by atoms with van der Waals surface area (Å²) in [6.07, 6.45) is 3.64. The Balaban J connectivity index is 1.41. The summed E-state index contributed by atoms with van der Waals surface area (Å²) >= 11 is 12.1. The molecule has 0 radical (unpaired) electrons. The second kappa shape index (κ2) is 9.88. The molecule has 0 saturated heterocycles. The molecule has 4 aromatic rings. The van der Waals surface area contributed by atoms with Gasteiger partial charge in [0.2, 0.25) is 0 Å². The molecule has 1 aliphatic rings. The summed E-state index contributed by atoms with van der Waals surface area (Å²) < 4.78 is 11.3. The van der Waals surface area contributed by atoms with Crippen LogP contribution in [0.15, 0.2) is 72.8 Å². The number of allylic oxidation sites excluding steroid dienone is 1. The van der Waals surface area contributed by atoms with E-state index in [9.17, 15) is 4.79 Å². The van der Waals surface area contributed by atoms with E-state index >= 15 is 0 Å². The Labute approximate surface area is 207 Å². The molecule has 1 heterocycles. The van der Waals surface area contributed by atoms with E-state index in [4.69, 9.17) is 37.7 Å². The average Bonchev–Trinajstić information content (AvgIpc) is 3.24. The van der Waals surface area contributed by atoms with Gasteiger partial charge in [0.1, 0.15) is 19.0 Å². The number of esters is 1. The molecular weight excluding hydrogens is 469 g/mol. The Morgan fingerprint density at radius 2 is 1.68 bits per heavy atom. The number of carbonyl (C=O) groups is 1. The van der Waals surface area contributed by atoms with Crippen LogP contribution in [-0.2, 0) is 11.2 Å². The predicted octanol–water partition coefficient (Wildman–Crippen LogP) is 7.26. The molecule has 170 valence electrons. The molecule has 34 heavy (non-hydrogen) atoms. The van der Waals surface area contributed by atoms with Gasteiger partial charge >= 0.3 is 5.97 Å². The van der Waals surface area contributed by atoms with Crippen molar-refractivity contribution in [3.05, 3.63) is 105 Å². The number of carbonyl (C=O) groups excluding carboxylic acids is 1. The highest BCUT2D eigenvalue weighted by Crippen LogP contribution is 2.38. The number of aromatic nitrogens is 1. The van der Waals surface area contributed by atoms with Crippen molar-refractivity contribution in [1.29, 1.82) is 0 Å². The lowest BCUT2D eigenvalue weighted by atomic mass is 10.0. The number of nitrogens with zero attached hydrogens (tertiary/aromatic N) is 1. The van der Waals surface area contributed by atoms with Crippen molar-refractivity contribution in [2.45, 2.75) is 12.8 Å². The lowest BCUT2D eigenvalue weighted by Gasteiger charge is -2.13. The number of fused-ring (bicyclic) bond motifs is 2. The highest BCUT2D eigenvalue weighted by atomic mass is 35.5. The number of halogens is 2. The summed E-state index contributed by atoms with van der Waals surface area (Å²) in [4.78, 5) is 18.1. The standard InChI is InChI=1S/C28H21Cl2NO3/c29-20-12-9-18(10-13-20)17-19-11-14-22-26(21-5-1-3-7-24(21)31-27(19)22)28(32)34-16-15-33-25-8-4-2-6-23(25)30/h1-10,12-13,17H,11,14-16H2. The predicted molar refractivity (Wildman–Crippen MR) is 137 cm³/mol. The minimum absolute atomic E-state index is 0.114. The van der Waals surface area contributed by atoms with E-state index in [-0.39, 0.29) is 19.2 Å². The zero-order valence-corrected chi connectivity index (χ0v) is 19.8. The first kappa shape index (κ1) is 22.5. The molecule has 5 rings (SSSR count). The van der Waals surface area contributed by atoms with E-state index < -0.39 is 0 Å². The van der Waals surface area contributed by atoms with E-state index in [0.29, 0.717) is 21.4 Å². The van der Waals surface area contributed by atoms with Gasteiger partial charge in [-0.1, -0.05) is 65.7 Å². The molecule has 1 aliphatic carbocycles. The van der Waals surface area contributed by atoms with Crippen molar-refractivity contribution in [1.82, 2.24) is 4.98 Å². The molecule has 0 bridgehead atoms. The molecule has 0 aliphatic heterocycles. The summed E-state index contributed by atoms with van der Waals surface area (Å²) in [6, 6.07) is 22.6. The average molecular weight is 490 g/mol. The van der Waals surface area contributed by atoms with Crippen LogP contribution in [0.5, 0.6) is 5.75 Å². The third-order valence-electron chi connectivity index (χ3n) is 5.77. The Morgan fingerprint density at radius 3 is 2.50 bits per heavy atom. The van der Waals surface area contributed by atoms with Gasteiger partial charge in [-0.15, -0.1) is 0 Å². The van der Waals surface area contributed by atoms with Crippen LogP contribution in [0.25, 0.3) is 22.6 Å². The maximum Gasteiger partial charge on any atom is 0.339 e. The number of hydrogen-bond donors (Lipinski definition) is 0. The van der Waals surface area contributed by atoms with Gasteiger partial charge in [0.25, 0.3) is 0 Å². The van der Waals surface area contributed by atoms with E-state index in [0.717, 1.165) is 46.1 Å². The fourth-order valence-corrected chi connectivity index (χ4v) is 4.51. The molecule has 0 amide bonds. The third kappa shape index (κ3) is 4.65. The summed E-state index contributed by atoms with van der Waals surface area (Å²) in [5, 5.41) is 2.01. The molecule has 6 heteroatoms. The monoisotopic (exact) mass is 489 g/mol. The van der Waals surface area contributed by atoms with Gasteiger partial charge in [0.15, 0.2) is 0 Å². The first-order chi connectivity index (χ1) is 16.6. The van der Waals surface area contributed by atoms with Crippen LogP contribution in [0.1, 0.15) is 33.6 Å². The Kier molecular flexibility index (Phi) is 6.52. The van der Waals surface area contributed by atoms with Crippen LogP contribution in [-0.4, -0.2) is 24.2 Å². The molecule has 0 N–H and O–H groups in total. The second-order valence-electron chi connectivity index (χ2n) is 7.97. The van der Waals surface area contributed by atoms with Crippen molar-refractivity contribution in [3.63, 3.8) is 0 Å². The topological polar surface area (TPSA) is 48.4 Å². The molecule has 1 aromatic heterocycles. The highest BCUT2D eigenvalue weighted by Gasteiger charge is 2.27. The van der Waals surface area contributed by atoms with Crippen molar-refractivity contribution < 1.29 is 14.3 Å². The summed E-state index contributed by atoms with van der Waals surface area (Å²) in [5.74, 6) is 0.192. The van der Waals surface area contributed by atoms with Crippen LogP contribution in [0.2, 0.25) is 10.0 Å². The molecule has 4 nitrogen and oxygen atoms in total. The lowest BCUT2D eigenvalue weighted by Crippen LogP contribution is -2.15. The van der Waals surface area contributed by atoms with E-state index in [1.807, 2.05) is 60.7 Å². The number of benzene rings is 3. The zero-order valence-electron chi connectivity index (χ0n) is 18.3. The Morgan fingerprint density at radius 1 is 0.912 bits per heavy atom. The maximum atomic E-state index is 13.2. The fourth-order valence-electron chi connectivity index (χ4n) is 4.19. The van der Waals surface area contributed by atoms with Crippen molar-refractivity contribution in [2.75, 3.05) is 13.2 Å². The third-order valence-corrected chi connectivity index (χ3v) is 6.33. The normalized spacial score (nSPS) is 13.8. The first-order valence-corrected chi connectivity index (χ1v) is 11.8. The smallest absolute Gasteiger partial charge is 0.339 e. The molecule has 0 fully saturated rings. The molecule has 0 unspecified atom stereocenters. The Bertz CT molecular complexity index is 1400. The van der Waals surface area contributed by atoms with Crippen LogP contribution < -0.4 is 4.74 Å². The zero-order chi connectivity index (χ0) is 23.5. The second-order valence-corrected chi connectivity index (χ2v) is 8.81. The number of rotatable bonds is 6. The highest BCUT2D eigenvalue weighted by molar-refractivity contribution is 6.32. The van der Waals surface area contributed by atoms with Gasteiger partial charge in [-0.2, -0.15) is 0 Å². The molecule has 0 spiro atoms. The maximum absolute atomic E-state index is 13.2. The summed E-state index contributed by atoms with van der Waals surface area (Å²) in [6.45, 7) is 0.325. The minimum atomic E-state index is -0.370. The minimum Gasteiger partial charge on any atom is -0.488 e. The number of ether oxygens (including phenoxy) is 2. The van der Waals surface area contributed by atoms with Gasteiger partial charge < -0.3 is 9.47 Å². The van der Waals surface area contributed by atoms with Crippen molar-refractivity contribution >= 4 is 51.7 Å². The van der Waals surface area contributed by atoms with Gasteiger partial charge in [0.05, 0.1) is 21.8 Å². The lowest BCUT2D eigenvalue weighted by molar-refractivity contribution is 0.0451. The number of para-hydroxylation sites is 2. The van der Waals surface area contributed by atoms with Gasteiger partial charge in [-0.25, -0.2) is 9.78 Å². The Hall–Kier alpha value is -3.34. The van der Waals surface area contributed by atoms with Crippen LogP contribution in [0.3, 0.4) is 0 Å². The first-order valence-electron chi connectivity index (χ1n) is 11.0. The molecule has 3 aromatic carbocycles. The molecular formula is C28H21Cl2NO3. The van der Waals surface area contributed by atoms with Gasteiger partial charge in [0, 0.05) is 10.4 Å². The van der Waals surface area contributed by atoms with Crippen molar-refractivity contribution in [3.8, 4) is 5.75 Å². The fraction of sp³-hybridized carbons (Fsp3) is 0.143. The van der Waals surface area contributed by atoms with E-state index in [1.54, 1.807) is 12.1 Å². The largest absolute Gasteiger partial charge is 0.488 e. The van der Waals surface area contributed by atoms with E-state index in [2.05, 4.69) is 6.08 Å². The SMILES string of the molecule is O=C(OCCOc1ccccc1Cl)c1c2c(nc3ccccc13)C(=Cc1ccc(Cl)cc1)CC2. The van der Waals surface area contributed by atoms with Gasteiger partial charge in [-0.3, -0.25) is 0 Å². The number of hydrogen-bond acceptors (Lipinski definition) is 4. The van der Waals surface area contributed by atoms with E-state index in [1.165, 1.54) is 0 Å². The van der Waals surface area contributed by atoms with Gasteiger partial charge in [-0.05, 0) is 65.9 Å². The quantitative estimate of drug-likeness (QED) is 0.211. The van der Waals surface area contributed by atoms with Crippen molar-refractivity contribution in [2.24, 2.45) is 0 Å². The van der Waals surface area contributed by atoms with Crippen LogP contribution in [0.4, 0.5) is 0 Å².